The molecule has 0 saturated heterocycles. The molecular formula is C15H14F6N2O. The highest BCUT2D eigenvalue weighted by Crippen LogP contribution is 2.37. The van der Waals surface area contributed by atoms with Crippen LogP contribution in [0.1, 0.15) is 30.9 Å². The number of urea groups is 1. The summed E-state index contributed by atoms with van der Waals surface area (Å²) in [5.41, 5.74) is -2.67. The van der Waals surface area contributed by atoms with Crippen LogP contribution in [-0.2, 0) is 12.4 Å². The maximum Gasteiger partial charge on any atom is 0.416 e. The van der Waals surface area contributed by atoms with Gasteiger partial charge in [0.15, 0.2) is 0 Å². The molecule has 3 nitrogen and oxygen atoms in total. The van der Waals surface area contributed by atoms with Crippen molar-refractivity contribution in [3.8, 4) is 0 Å². The van der Waals surface area contributed by atoms with Gasteiger partial charge in [-0.05, 0) is 43.9 Å². The minimum absolute atomic E-state index is 0.000227. The Kier molecular flexibility index (Phi) is 4.82. The Morgan fingerprint density at radius 1 is 1.04 bits per heavy atom. The van der Waals surface area contributed by atoms with Gasteiger partial charge in [0.25, 0.3) is 0 Å². The first kappa shape index (κ1) is 18.2. The quantitative estimate of drug-likeness (QED) is 0.725. The lowest BCUT2D eigenvalue weighted by Gasteiger charge is -2.14. The molecule has 2 N–H and O–H groups in total. The molecule has 0 atom stereocenters. The van der Waals surface area contributed by atoms with Gasteiger partial charge in [0.2, 0.25) is 0 Å². The fraction of sp³-hybridized carbons (Fsp3) is 0.400. The topological polar surface area (TPSA) is 41.1 Å². The lowest BCUT2D eigenvalue weighted by molar-refractivity contribution is -0.143. The third-order valence-corrected chi connectivity index (χ3v) is 3.50. The minimum atomic E-state index is -4.96. The fourth-order valence-corrected chi connectivity index (χ4v) is 2.03. The van der Waals surface area contributed by atoms with Crippen molar-refractivity contribution in [1.29, 1.82) is 0 Å². The summed E-state index contributed by atoms with van der Waals surface area (Å²) in [6.07, 6.45) is -6.54. The first-order valence-corrected chi connectivity index (χ1v) is 7.00. The predicted molar refractivity (Wildman–Crippen MR) is 75.1 cm³/mol. The summed E-state index contributed by atoms with van der Waals surface area (Å²) in [4.78, 5) is 11.7. The Morgan fingerprint density at radius 3 is 1.96 bits per heavy atom. The standard InChI is InChI=1S/C15H14F6N2O/c1-8(9-2-3-9)7-22-13(24)23-12-5-10(14(16,17)18)4-11(6-12)15(19,20)21/h4-7,9H,2-3H2,1H3,(H2,22,23,24)/b8-7+. The van der Waals surface area contributed by atoms with E-state index < -0.39 is 35.2 Å². The van der Waals surface area contributed by atoms with Crippen LogP contribution < -0.4 is 10.6 Å². The van der Waals surface area contributed by atoms with Crippen LogP contribution in [0, 0.1) is 5.92 Å². The van der Waals surface area contributed by atoms with Gasteiger partial charge in [-0.2, -0.15) is 26.3 Å². The van der Waals surface area contributed by atoms with Crippen LogP contribution in [0.3, 0.4) is 0 Å². The number of carbonyl (C=O) groups excluding carboxylic acids is 1. The molecule has 24 heavy (non-hydrogen) atoms. The number of anilines is 1. The van der Waals surface area contributed by atoms with Gasteiger partial charge in [-0.1, -0.05) is 5.57 Å². The lowest BCUT2D eigenvalue weighted by atomic mass is 10.1. The first-order valence-electron chi connectivity index (χ1n) is 7.00. The highest BCUT2D eigenvalue weighted by Gasteiger charge is 2.37. The van der Waals surface area contributed by atoms with E-state index in [2.05, 4.69) is 5.32 Å². The number of amides is 2. The molecule has 1 aromatic carbocycles. The molecule has 9 heteroatoms. The molecular weight excluding hydrogens is 338 g/mol. The van der Waals surface area contributed by atoms with Crippen LogP contribution in [-0.4, -0.2) is 6.03 Å². The van der Waals surface area contributed by atoms with E-state index in [4.69, 9.17) is 0 Å². The number of rotatable bonds is 3. The molecule has 1 saturated carbocycles. The van der Waals surface area contributed by atoms with Gasteiger partial charge in [-0.15, -0.1) is 0 Å². The highest BCUT2D eigenvalue weighted by atomic mass is 19.4. The average molecular weight is 352 g/mol. The molecule has 1 aliphatic rings. The van der Waals surface area contributed by atoms with Crippen LogP contribution in [0.5, 0.6) is 0 Å². The highest BCUT2D eigenvalue weighted by molar-refractivity contribution is 5.90. The van der Waals surface area contributed by atoms with E-state index >= 15 is 0 Å². The summed E-state index contributed by atoms with van der Waals surface area (Å²) in [7, 11) is 0. The van der Waals surface area contributed by atoms with Crippen molar-refractivity contribution in [2.45, 2.75) is 32.1 Å². The molecule has 132 valence electrons. The number of hydrogen-bond donors (Lipinski definition) is 2. The second-order valence-corrected chi connectivity index (χ2v) is 5.56. The van der Waals surface area contributed by atoms with E-state index in [-0.39, 0.29) is 6.07 Å². The molecule has 0 bridgehead atoms. The van der Waals surface area contributed by atoms with Crippen LogP contribution in [0.25, 0.3) is 0 Å². The Bertz CT molecular complexity index is 627. The van der Waals surface area contributed by atoms with Gasteiger partial charge in [-0.25, -0.2) is 4.79 Å². The number of benzene rings is 1. The van der Waals surface area contributed by atoms with Crippen LogP contribution in [0.4, 0.5) is 36.8 Å². The molecule has 0 unspecified atom stereocenters. The van der Waals surface area contributed by atoms with Crippen molar-refractivity contribution in [1.82, 2.24) is 5.32 Å². The maximum atomic E-state index is 12.7. The Morgan fingerprint density at radius 2 is 1.54 bits per heavy atom. The summed E-state index contributed by atoms with van der Waals surface area (Å²) in [5.74, 6) is 0.371. The summed E-state index contributed by atoms with van der Waals surface area (Å²) in [5, 5.41) is 4.28. The number of carbonyl (C=O) groups is 1. The Labute approximate surface area is 133 Å². The largest absolute Gasteiger partial charge is 0.416 e. The van der Waals surface area contributed by atoms with E-state index in [1.165, 1.54) is 6.20 Å². The predicted octanol–water partition coefficient (Wildman–Crippen LogP) is 5.16. The first-order chi connectivity index (χ1) is 11.0. The van der Waals surface area contributed by atoms with Gasteiger partial charge < -0.3 is 10.6 Å². The van der Waals surface area contributed by atoms with E-state index in [1.807, 2.05) is 5.32 Å². The zero-order chi connectivity index (χ0) is 18.1. The van der Waals surface area contributed by atoms with E-state index in [1.54, 1.807) is 6.92 Å². The molecule has 1 fully saturated rings. The molecule has 0 aromatic heterocycles. The molecule has 0 spiro atoms. The van der Waals surface area contributed by atoms with Crippen molar-refractivity contribution in [3.63, 3.8) is 0 Å². The second-order valence-electron chi connectivity index (χ2n) is 5.56. The number of nitrogens with one attached hydrogen (secondary N) is 2. The third kappa shape index (κ3) is 4.90. The van der Waals surface area contributed by atoms with E-state index in [0.29, 0.717) is 18.1 Å². The zero-order valence-electron chi connectivity index (χ0n) is 12.5. The number of alkyl halides is 6. The van der Waals surface area contributed by atoms with Crippen molar-refractivity contribution in [3.05, 3.63) is 41.1 Å². The third-order valence-electron chi connectivity index (χ3n) is 3.50. The molecule has 1 aromatic rings. The van der Waals surface area contributed by atoms with E-state index in [0.717, 1.165) is 18.4 Å². The Hall–Kier alpha value is -2.19. The summed E-state index contributed by atoms with van der Waals surface area (Å²) < 4.78 is 76.3. The second kappa shape index (κ2) is 6.37. The van der Waals surface area contributed by atoms with Crippen LogP contribution >= 0.6 is 0 Å². The van der Waals surface area contributed by atoms with Crippen LogP contribution in [0.15, 0.2) is 30.0 Å². The molecule has 2 rings (SSSR count). The summed E-state index contributed by atoms with van der Waals surface area (Å²) >= 11 is 0. The molecule has 2 amide bonds. The van der Waals surface area contributed by atoms with Crippen LogP contribution in [0.2, 0.25) is 0 Å². The monoisotopic (exact) mass is 352 g/mol. The van der Waals surface area contributed by atoms with Gasteiger partial charge >= 0.3 is 18.4 Å². The van der Waals surface area contributed by atoms with Crippen molar-refractivity contribution in [2.24, 2.45) is 5.92 Å². The smallest absolute Gasteiger partial charge is 0.314 e. The summed E-state index contributed by atoms with van der Waals surface area (Å²) in [6.45, 7) is 1.78. The van der Waals surface area contributed by atoms with Gasteiger partial charge in [0.1, 0.15) is 0 Å². The molecule has 0 radical (unpaired) electrons. The maximum absolute atomic E-state index is 12.7. The molecule has 1 aliphatic carbocycles. The molecule has 0 aliphatic heterocycles. The van der Waals surface area contributed by atoms with Crippen molar-refractivity contribution >= 4 is 11.7 Å². The Balaban J connectivity index is 2.19. The molecule has 0 heterocycles. The average Bonchev–Trinajstić information content (AvgIpc) is 3.27. The lowest BCUT2D eigenvalue weighted by Crippen LogP contribution is -2.25. The van der Waals surface area contributed by atoms with Gasteiger partial charge in [0, 0.05) is 11.9 Å². The van der Waals surface area contributed by atoms with Crippen molar-refractivity contribution in [2.75, 3.05) is 5.32 Å². The number of hydrogen-bond acceptors (Lipinski definition) is 1. The van der Waals surface area contributed by atoms with Gasteiger partial charge in [0.05, 0.1) is 11.1 Å². The summed E-state index contributed by atoms with van der Waals surface area (Å²) in [6, 6.07) is -0.0128. The van der Waals surface area contributed by atoms with Gasteiger partial charge in [-0.3, -0.25) is 0 Å². The van der Waals surface area contributed by atoms with Crippen molar-refractivity contribution < 1.29 is 31.1 Å². The number of allylic oxidation sites excluding steroid dienone is 1. The minimum Gasteiger partial charge on any atom is -0.314 e. The normalized spacial score (nSPS) is 16.0. The number of halogens is 6. The van der Waals surface area contributed by atoms with E-state index in [9.17, 15) is 31.1 Å². The fourth-order valence-electron chi connectivity index (χ4n) is 2.03. The SMILES string of the molecule is C/C(=C\NC(=O)Nc1cc(C(F)(F)F)cc(C(F)(F)F)c1)C1CC1. The zero-order valence-corrected chi connectivity index (χ0v) is 12.5.